The monoisotopic (exact) mass is 584 g/mol. The number of hydrogen-bond donors (Lipinski definition) is 2. The summed E-state index contributed by atoms with van der Waals surface area (Å²) in [5, 5.41) is 10.2. The molecule has 0 unspecified atom stereocenters. The van der Waals surface area contributed by atoms with Crippen LogP contribution in [0.5, 0.6) is 0 Å². The van der Waals surface area contributed by atoms with E-state index in [0.29, 0.717) is 64.5 Å². The lowest BCUT2D eigenvalue weighted by molar-refractivity contribution is -0.127. The van der Waals surface area contributed by atoms with Gasteiger partial charge >= 0.3 is 0 Å². The van der Waals surface area contributed by atoms with E-state index in [9.17, 15) is 9.59 Å². The first kappa shape index (κ1) is 27.7. The molecular weight excluding hydrogens is 562 g/mol. The zero-order chi connectivity index (χ0) is 26.4. The van der Waals surface area contributed by atoms with Crippen LogP contribution in [0.4, 0.5) is 5.69 Å². The maximum Gasteiger partial charge on any atom is 0.273 e. The lowest BCUT2D eigenvalue weighted by Crippen LogP contribution is -2.47. The summed E-state index contributed by atoms with van der Waals surface area (Å²) in [5.74, 6) is -1.24. The summed E-state index contributed by atoms with van der Waals surface area (Å²) in [4.78, 5) is 27.5. The minimum absolute atomic E-state index is 0.337. The SMILES string of the molecule is O=C(NCCCN1CCOCC1)C(Cl)(Cl)C(=O)Nc1cccc(-c2cc(-c3c(Cl)cccc3Cl)no2)c1. The largest absolute Gasteiger partial charge is 0.379 e. The minimum atomic E-state index is -2.31. The van der Waals surface area contributed by atoms with Crippen molar-refractivity contribution in [1.29, 1.82) is 0 Å². The van der Waals surface area contributed by atoms with E-state index >= 15 is 0 Å². The van der Waals surface area contributed by atoms with Crippen LogP contribution in [0.25, 0.3) is 22.6 Å². The molecule has 2 heterocycles. The van der Waals surface area contributed by atoms with Crippen LogP contribution >= 0.6 is 46.4 Å². The van der Waals surface area contributed by atoms with Gasteiger partial charge in [0.05, 0.1) is 23.3 Å². The van der Waals surface area contributed by atoms with Gasteiger partial charge in [0.15, 0.2) is 5.76 Å². The Hall–Kier alpha value is -2.33. The van der Waals surface area contributed by atoms with E-state index in [0.717, 1.165) is 19.6 Å². The van der Waals surface area contributed by atoms with Crippen molar-refractivity contribution in [2.24, 2.45) is 0 Å². The predicted octanol–water partition coefficient (Wildman–Crippen LogP) is 5.27. The van der Waals surface area contributed by atoms with E-state index in [4.69, 9.17) is 55.7 Å². The first-order valence-corrected chi connectivity index (χ1v) is 13.1. The van der Waals surface area contributed by atoms with Crippen molar-refractivity contribution in [2.45, 2.75) is 10.8 Å². The number of hydrogen-bond acceptors (Lipinski definition) is 6. The van der Waals surface area contributed by atoms with Gasteiger partial charge in [-0.1, -0.05) is 69.8 Å². The quantitative estimate of drug-likeness (QED) is 0.202. The molecule has 0 atom stereocenters. The van der Waals surface area contributed by atoms with E-state index in [1.54, 1.807) is 48.5 Å². The minimum Gasteiger partial charge on any atom is -0.379 e. The molecule has 0 aliphatic carbocycles. The second kappa shape index (κ2) is 12.5. The number of anilines is 1. The smallest absolute Gasteiger partial charge is 0.273 e. The molecule has 8 nitrogen and oxygen atoms in total. The highest BCUT2D eigenvalue weighted by atomic mass is 35.5. The normalized spacial score (nSPS) is 14.4. The molecule has 12 heteroatoms. The summed E-state index contributed by atoms with van der Waals surface area (Å²) < 4.78 is 8.48. The fraction of sp³-hybridized carbons (Fsp3) is 0.320. The number of carbonyl (C=O) groups excluding carboxylic acids is 2. The van der Waals surface area contributed by atoms with Crippen LogP contribution < -0.4 is 10.6 Å². The molecular formula is C25H24Cl4N4O4. The molecule has 0 radical (unpaired) electrons. The number of carbonyl (C=O) groups is 2. The summed E-state index contributed by atoms with van der Waals surface area (Å²) in [7, 11) is 0. The summed E-state index contributed by atoms with van der Waals surface area (Å²) in [6, 6.07) is 13.6. The summed E-state index contributed by atoms with van der Waals surface area (Å²) in [6.07, 6.45) is 0.692. The number of alkyl halides is 2. The molecule has 2 amide bonds. The number of ether oxygens (including phenoxy) is 1. The van der Waals surface area contributed by atoms with E-state index in [-0.39, 0.29) is 0 Å². The van der Waals surface area contributed by atoms with E-state index in [2.05, 4.69) is 20.7 Å². The third-order valence-electron chi connectivity index (χ3n) is 5.74. The van der Waals surface area contributed by atoms with Crippen molar-refractivity contribution in [3.63, 3.8) is 0 Å². The fourth-order valence-corrected chi connectivity index (χ4v) is 4.59. The lowest BCUT2D eigenvalue weighted by Gasteiger charge is -2.26. The molecule has 2 N–H and O–H groups in total. The van der Waals surface area contributed by atoms with Gasteiger partial charge in [-0.05, 0) is 37.2 Å². The molecule has 0 bridgehead atoms. The number of halogens is 4. The van der Waals surface area contributed by atoms with Gasteiger partial charge in [-0.2, -0.15) is 0 Å². The van der Waals surface area contributed by atoms with Crippen molar-refractivity contribution in [2.75, 3.05) is 44.7 Å². The molecule has 3 aromatic rings. The van der Waals surface area contributed by atoms with Crippen LogP contribution in [0.15, 0.2) is 53.1 Å². The standard InChI is InChI=1S/C25H24Cl4N4O4/c26-18-6-2-7-19(27)22(18)20-15-21(37-32-20)16-4-1-5-17(14-16)31-24(35)25(28,29)23(34)30-8-3-9-33-10-12-36-13-11-33/h1-2,4-7,14-15H,3,8-13H2,(H,30,34)(H,31,35). The highest BCUT2D eigenvalue weighted by Crippen LogP contribution is 2.36. The lowest BCUT2D eigenvalue weighted by atomic mass is 10.1. The van der Waals surface area contributed by atoms with Gasteiger partial charge in [0.25, 0.3) is 16.1 Å². The number of morpholine rings is 1. The fourth-order valence-electron chi connectivity index (χ4n) is 3.77. The Morgan fingerprint density at radius 2 is 1.70 bits per heavy atom. The maximum absolute atomic E-state index is 12.7. The Morgan fingerprint density at radius 3 is 2.43 bits per heavy atom. The second-order valence-corrected chi connectivity index (χ2v) is 10.5. The van der Waals surface area contributed by atoms with Gasteiger partial charge in [-0.25, -0.2) is 0 Å². The molecule has 2 aromatic carbocycles. The van der Waals surface area contributed by atoms with Crippen LogP contribution in [0, 0.1) is 0 Å². The topological polar surface area (TPSA) is 96.7 Å². The third kappa shape index (κ3) is 6.96. The van der Waals surface area contributed by atoms with Crippen LogP contribution in [0.2, 0.25) is 10.0 Å². The maximum atomic E-state index is 12.7. The zero-order valence-corrected chi connectivity index (χ0v) is 22.6. The Balaban J connectivity index is 1.36. The molecule has 1 fully saturated rings. The number of benzene rings is 2. The summed E-state index contributed by atoms with van der Waals surface area (Å²) in [5.41, 5.74) is 1.99. The zero-order valence-electron chi connectivity index (χ0n) is 19.6. The predicted molar refractivity (Wildman–Crippen MR) is 145 cm³/mol. The van der Waals surface area contributed by atoms with Crippen molar-refractivity contribution in [3.05, 3.63) is 58.6 Å². The van der Waals surface area contributed by atoms with Crippen LogP contribution in [0.1, 0.15) is 6.42 Å². The average Bonchev–Trinajstić information content (AvgIpc) is 3.37. The molecule has 196 valence electrons. The van der Waals surface area contributed by atoms with Gasteiger partial charge in [-0.15, -0.1) is 0 Å². The molecule has 37 heavy (non-hydrogen) atoms. The number of nitrogens with zero attached hydrogens (tertiary/aromatic N) is 2. The summed E-state index contributed by atoms with van der Waals surface area (Å²) in [6.45, 7) is 4.25. The Morgan fingerprint density at radius 1 is 1.00 bits per heavy atom. The molecule has 1 aromatic heterocycles. The number of rotatable bonds is 9. The average molecular weight is 586 g/mol. The first-order valence-electron chi connectivity index (χ1n) is 11.5. The van der Waals surface area contributed by atoms with Gasteiger partial charge in [-0.3, -0.25) is 14.5 Å². The molecule has 0 saturated carbocycles. The van der Waals surface area contributed by atoms with Crippen molar-refractivity contribution in [3.8, 4) is 22.6 Å². The van der Waals surface area contributed by atoms with Gasteiger partial charge in [0.1, 0.15) is 5.69 Å². The van der Waals surface area contributed by atoms with Crippen LogP contribution in [-0.2, 0) is 14.3 Å². The molecule has 1 aliphatic heterocycles. The summed E-state index contributed by atoms with van der Waals surface area (Å²) >= 11 is 24.8. The molecule has 1 saturated heterocycles. The number of amides is 2. The third-order valence-corrected chi connectivity index (χ3v) is 7.06. The Bertz CT molecular complexity index is 1240. The van der Waals surface area contributed by atoms with Gasteiger partial charge in [0.2, 0.25) is 0 Å². The van der Waals surface area contributed by atoms with Crippen LogP contribution in [0.3, 0.4) is 0 Å². The second-order valence-electron chi connectivity index (χ2n) is 8.35. The Kier molecular flexibility index (Phi) is 9.34. The number of nitrogens with one attached hydrogen (secondary N) is 2. The molecule has 1 aliphatic rings. The van der Waals surface area contributed by atoms with E-state index < -0.39 is 16.1 Å². The van der Waals surface area contributed by atoms with E-state index in [1.807, 2.05) is 0 Å². The van der Waals surface area contributed by atoms with E-state index in [1.165, 1.54) is 0 Å². The molecule has 0 spiro atoms. The van der Waals surface area contributed by atoms with Crippen molar-refractivity contribution in [1.82, 2.24) is 15.4 Å². The highest BCUT2D eigenvalue weighted by Gasteiger charge is 2.42. The van der Waals surface area contributed by atoms with Gasteiger partial charge < -0.3 is 19.9 Å². The first-order chi connectivity index (χ1) is 17.8. The van der Waals surface area contributed by atoms with Crippen molar-refractivity contribution < 1.29 is 18.8 Å². The van der Waals surface area contributed by atoms with Crippen LogP contribution in [-0.4, -0.2) is 65.6 Å². The Labute approximate surface area is 234 Å². The number of aromatic nitrogens is 1. The van der Waals surface area contributed by atoms with Gasteiger partial charge in [0, 0.05) is 42.5 Å². The highest BCUT2D eigenvalue weighted by molar-refractivity contribution is 6.68. The van der Waals surface area contributed by atoms with Crippen molar-refractivity contribution >= 4 is 63.9 Å². The molecule has 4 rings (SSSR count).